The zero-order chi connectivity index (χ0) is 10.5. The number of likely N-dealkylation sites (N-methyl/N-ethyl adjacent to an activating group) is 1. The number of rotatable bonds is 1. The van der Waals surface area contributed by atoms with Gasteiger partial charge in [-0.1, -0.05) is 0 Å². The van der Waals surface area contributed by atoms with Crippen molar-refractivity contribution in [2.45, 2.75) is 12.8 Å². The molecular weight excluding hydrogens is 186 g/mol. The first kappa shape index (κ1) is 10.4. The van der Waals surface area contributed by atoms with Crippen LogP contribution in [-0.2, 0) is 0 Å². The van der Waals surface area contributed by atoms with Crippen molar-refractivity contribution in [1.29, 1.82) is 0 Å². The number of pyridine rings is 1. The molecule has 2 rings (SSSR count). The second-order valence-corrected chi connectivity index (χ2v) is 4.21. The van der Waals surface area contributed by atoms with Gasteiger partial charge in [-0.05, 0) is 38.6 Å². The predicted molar refractivity (Wildman–Crippen MR) is 63.2 cm³/mol. The Hall–Kier alpha value is -1.09. The fraction of sp³-hybridized carbons (Fsp3) is 0.583. The highest BCUT2D eigenvalue weighted by Gasteiger charge is 2.10. The molecule has 0 amide bonds. The van der Waals surface area contributed by atoms with Crippen molar-refractivity contribution in [2.75, 3.05) is 38.1 Å². The van der Waals surface area contributed by atoms with Crippen LogP contribution in [0.5, 0.6) is 0 Å². The Kier molecular flexibility index (Phi) is 3.56. The van der Waals surface area contributed by atoms with Gasteiger partial charge in [0.05, 0.1) is 11.9 Å². The summed E-state index contributed by atoms with van der Waals surface area (Å²) < 4.78 is 0. The minimum Gasteiger partial charge on any atom is -0.369 e. The minimum atomic E-state index is 1.11. The van der Waals surface area contributed by atoms with E-state index in [0.717, 1.165) is 13.1 Å². The van der Waals surface area contributed by atoms with Crippen LogP contribution in [-0.4, -0.2) is 43.1 Å². The van der Waals surface area contributed by atoms with E-state index in [0.29, 0.717) is 0 Å². The molecule has 0 aromatic carbocycles. The number of hydrogen-bond acceptors (Lipinski definition) is 3. The summed E-state index contributed by atoms with van der Waals surface area (Å²) in [6.45, 7) is 4.66. The Morgan fingerprint density at radius 2 is 2.00 bits per heavy atom. The van der Waals surface area contributed by atoms with Crippen molar-refractivity contribution >= 4 is 5.69 Å². The van der Waals surface area contributed by atoms with Gasteiger partial charge in [0.1, 0.15) is 0 Å². The molecule has 1 fully saturated rings. The van der Waals surface area contributed by atoms with Gasteiger partial charge in [-0.3, -0.25) is 4.98 Å². The van der Waals surface area contributed by atoms with Crippen molar-refractivity contribution in [1.82, 2.24) is 9.88 Å². The van der Waals surface area contributed by atoms with Crippen LogP contribution in [0.2, 0.25) is 0 Å². The third-order valence-electron chi connectivity index (χ3n) is 2.98. The second kappa shape index (κ2) is 5.12. The first-order chi connectivity index (χ1) is 7.36. The van der Waals surface area contributed by atoms with Crippen LogP contribution < -0.4 is 4.90 Å². The summed E-state index contributed by atoms with van der Waals surface area (Å²) in [7, 11) is 2.20. The molecule has 0 unspecified atom stereocenters. The lowest BCUT2D eigenvalue weighted by atomic mass is 10.2. The van der Waals surface area contributed by atoms with Gasteiger partial charge in [0.25, 0.3) is 0 Å². The Morgan fingerprint density at radius 1 is 1.13 bits per heavy atom. The second-order valence-electron chi connectivity index (χ2n) is 4.21. The van der Waals surface area contributed by atoms with Gasteiger partial charge in [0.2, 0.25) is 0 Å². The molecule has 0 N–H and O–H groups in total. The normalized spacial score (nSPS) is 19.7. The van der Waals surface area contributed by atoms with Crippen molar-refractivity contribution in [2.24, 2.45) is 0 Å². The Balaban J connectivity index is 2.01. The summed E-state index contributed by atoms with van der Waals surface area (Å²) in [6, 6.07) is 4.16. The average Bonchev–Trinajstić information content (AvgIpc) is 2.25. The third-order valence-corrected chi connectivity index (χ3v) is 2.98. The average molecular weight is 205 g/mol. The number of anilines is 1. The summed E-state index contributed by atoms with van der Waals surface area (Å²) in [6.07, 6.45) is 6.37. The van der Waals surface area contributed by atoms with Gasteiger partial charge in [-0.15, -0.1) is 0 Å². The van der Waals surface area contributed by atoms with Crippen LogP contribution in [0.15, 0.2) is 24.5 Å². The van der Waals surface area contributed by atoms with Crippen LogP contribution in [0.1, 0.15) is 12.8 Å². The van der Waals surface area contributed by atoms with E-state index in [4.69, 9.17) is 0 Å². The van der Waals surface area contributed by atoms with Gasteiger partial charge in [-0.25, -0.2) is 0 Å². The Morgan fingerprint density at radius 3 is 2.80 bits per heavy atom. The molecule has 82 valence electrons. The fourth-order valence-corrected chi connectivity index (χ4v) is 2.00. The molecule has 3 heteroatoms. The van der Waals surface area contributed by atoms with E-state index in [1.165, 1.54) is 31.6 Å². The quantitative estimate of drug-likeness (QED) is 0.694. The van der Waals surface area contributed by atoms with Crippen molar-refractivity contribution in [3.8, 4) is 0 Å². The predicted octanol–water partition coefficient (Wildman–Crippen LogP) is 1.61. The summed E-state index contributed by atoms with van der Waals surface area (Å²) in [5, 5.41) is 0. The lowest BCUT2D eigenvalue weighted by Gasteiger charge is -2.30. The maximum absolute atomic E-state index is 4.18. The van der Waals surface area contributed by atoms with Crippen LogP contribution in [0.3, 0.4) is 0 Å². The summed E-state index contributed by atoms with van der Waals surface area (Å²) in [5.74, 6) is 0. The molecule has 15 heavy (non-hydrogen) atoms. The fourth-order valence-electron chi connectivity index (χ4n) is 2.00. The third kappa shape index (κ3) is 2.93. The highest BCUT2D eigenvalue weighted by molar-refractivity contribution is 5.43. The van der Waals surface area contributed by atoms with Gasteiger partial charge < -0.3 is 9.80 Å². The van der Waals surface area contributed by atoms with Gasteiger partial charge in [-0.2, -0.15) is 0 Å². The number of hydrogen-bond donors (Lipinski definition) is 0. The number of aromatic nitrogens is 1. The summed E-state index contributed by atoms with van der Waals surface area (Å²) in [5.41, 5.74) is 1.26. The van der Waals surface area contributed by atoms with Gasteiger partial charge in [0.15, 0.2) is 0 Å². The molecule has 0 radical (unpaired) electrons. The van der Waals surface area contributed by atoms with Crippen molar-refractivity contribution in [3.63, 3.8) is 0 Å². The SMILES string of the molecule is CN1CCCCN(c2cccnc2)CC1. The molecule has 1 saturated heterocycles. The van der Waals surface area contributed by atoms with Crippen LogP contribution >= 0.6 is 0 Å². The molecule has 0 atom stereocenters. The largest absolute Gasteiger partial charge is 0.369 e. The van der Waals surface area contributed by atoms with Crippen LogP contribution in [0, 0.1) is 0 Å². The van der Waals surface area contributed by atoms with Crippen LogP contribution in [0.25, 0.3) is 0 Å². The Labute approximate surface area is 91.7 Å². The van der Waals surface area contributed by atoms with Crippen LogP contribution in [0.4, 0.5) is 5.69 Å². The van der Waals surface area contributed by atoms with E-state index >= 15 is 0 Å². The molecule has 0 spiro atoms. The van der Waals surface area contributed by atoms with E-state index < -0.39 is 0 Å². The van der Waals surface area contributed by atoms with E-state index in [1.54, 1.807) is 0 Å². The monoisotopic (exact) mass is 205 g/mol. The highest BCUT2D eigenvalue weighted by Crippen LogP contribution is 2.14. The lowest BCUT2D eigenvalue weighted by molar-refractivity contribution is 0.318. The van der Waals surface area contributed by atoms with E-state index in [-0.39, 0.29) is 0 Å². The molecule has 1 aromatic rings. The molecule has 0 saturated carbocycles. The Bertz CT molecular complexity index is 286. The highest BCUT2D eigenvalue weighted by atomic mass is 15.2. The summed E-state index contributed by atoms with van der Waals surface area (Å²) in [4.78, 5) is 9.02. The molecule has 0 aliphatic carbocycles. The molecule has 1 aliphatic rings. The minimum absolute atomic E-state index is 1.11. The van der Waals surface area contributed by atoms with Crippen molar-refractivity contribution in [3.05, 3.63) is 24.5 Å². The first-order valence-corrected chi connectivity index (χ1v) is 5.70. The van der Waals surface area contributed by atoms with E-state index in [2.05, 4.69) is 27.9 Å². The zero-order valence-electron chi connectivity index (χ0n) is 9.39. The smallest absolute Gasteiger partial charge is 0.0553 e. The molecule has 1 aromatic heterocycles. The number of nitrogens with zero attached hydrogens (tertiary/aromatic N) is 3. The maximum atomic E-state index is 4.18. The zero-order valence-corrected chi connectivity index (χ0v) is 9.39. The van der Waals surface area contributed by atoms with Crippen molar-refractivity contribution < 1.29 is 0 Å². The molecule has 1 aliphatic heterocycles. The summed E-state index contributed by atoms with van der Waals surface area (Å²) >= 11 is 0. The van der Waals surface area contributed by atoms with E-state index in [9.17, 15) is 0 Å². The maximum Gasteiger partial charge on any atom is 0.0553 e. The lowest BCUT2D eigenvalue weighted by Crippen LogP contribution is -2.37. The van der Waals surface area contributed by atoms with Gasteiger partial charge in [0, 0.05) is 25.8 Å². The first-order valence-electron chi connectivity index (χ1n) is 5.70. The molecular formula is C12H19N3. The van der Waals surface area contributed by atoms with E-state index in [1.807, 2.05) is 18.5 Å². The molecule has 0 bridgehead atoms. The molecule has 2 heterocycles. The molecule has 3 nitrogen and oxygen atoms in total. The standard InChI is InChI=1S/C12H19N3/c1-14-7-2-3-8-15(10-9-14)12-5-4-6-13-11-12/h4-6,11H,2-3,7-10H2,1H3. The van der Waals surface area contributed by atoms with Gasteiger partial charge >= 0.3 is 0 Å². The topological polar surface area (TPSA) is 19.4 Å².